The minimum absolute atomic E-state index is 0.0757. The highest BCUT2D eigenvalue weighted by molar-refractivity contribution is 5.89. The Labute approximate surface area is 173 Å². The van der Waals surface area contributed by atoms with E-state index in [2.05, 4.69) is 20.1 Å². The molecule has 0 unspecified atom stereocenters. The highest BCUT2D eigenvalue weighted by Crippen LogP contribution is 2.17. The smallest absolute Gasteiger partial charge is 0.372 e. The van der Waals surface area contributed by atoms with Crippen LogP contribution < -0.4 is 5.32 Å². The van der Waals surface area contributed by atoms with Crippen LogP contribution in [0.25, 0.3) is 5.69 Å². The summed E-state index contributed by atoms with van der Waals surface area (Å²) >= 11 is 0. The molecule has 10 heteroatoms. The predicted octanol–water partition coefficient (Wildman–Crippen LogP) is 3.30. The van der Waals surface area contributed by atoms with Gasteiger partial charge in [-0.1, -0.05) is 6.07 Å². The van der Waals surface area contributed by atoms with E-state index < -0.39 is 12.8 Å². The molecule has 0 bridgehead atoms. The zero-order valence-corrected chi connectivity index (χ0v) is 16.9. The highest BCUT2D eigenvalue weighted by Gasteiger charge is 2.27. The number of aromatic nitrogens is 2. The number of carbonyl (C=O) groups excluding carboxylic acids is 1. The molecule has 2 aromatic rings. The number of anilines is 1. The number of nitrogens with one attached hydrogen (secondary N) is 1. The zero-order valence-electron chi connectivity index (χ0n) is 16.9. The van der Waals surface area contributed by atoms with Gasteiger partial charge in [0.2, 0.25) is 0 Å². The molecule has 0 atom stereocenters. The Morgan fingerprint density at radius 1 is 1.20 bits per heavy atom. The maximum atomic E-state index is 12.6. The highest BCUT2D eigenvalue weighted by atomic mass is 19.4. The van der Waals surface area contributed by atoms with Gasteiger partial charge >= 0.3 is 12.2 Å². The molecule has 1 aliphatic heterocycles. The minimum Gasteiger partial charge on any atom is -0.372 e. The van der Waals surface area contributed by atoms with Crippen LogP contribution in [-0.2, 0) is 4.74 Å². The van der Waals surface area contributed by atoms with Crippen LogP contribution in [0.15, 0.2) is 36.5 Å². The number of alkyl halides is 3. The first-order chi connectivity index (χ1) is 14.3. The largest absolute Gasteiger partial charge is 0.411 e. The molecular weight excluding hydrogens is 399 g/mol. The van der Waals surface area contributed by atoms with Gasteiger partial charge in [-0.2, -0.15) is 18.3 Å². The number of nitrogens with zero attached hydrogens (tertiary/aromatic N) is 4. The lowest BCUT2D eigenvalue weighted by molar-refractivity contribution is -0.174. The SMILES string of the molecule is Cc1ccnn1-c1cccc(NC(=O)N2CCN(CCCOCC(F)(F)F)CC2)c1. The summed E-state index contributed by atoms with van der Waals surface area (Å²) in [5.74, 6) is 0. The van der Waals surface area contributed by atoms with Crippen molar-refractivity contribution in [3.8, 4) is 5.69 Å². The molecule has 2 amide bonds. The summed E-state index contributed by atoms with van der Waals surface area (Å²) in [5.41, 5.74) is 2.56. The van der Waals surface area contributed by atoms with Crippen molar-refractivity contribution < 1.29 is 22.7 Å². The van der Waals surface area contributed by atoms with Crippen LogP contribution in [-0.4, -0.2) is 77.7 Å². The van der Waals surface area contributed by atoms with Gasteiger partial charge in [-0.25, -0.2) is 9.48 Å². The Morgan fingerprint density at radius 3 is 2.63 bits per heavy atom. The molecule has 2 heterocycles. The van der Waals surface area contributed by atoms with Crippen LogP contribution >= 0.6 is 0 Å². The molecule has 0 spiro atoms. The fourth-order valence-electron chi connectivity index (χ4n) is 3.31. The van der Waals surface area contributed by atoms with E-state index in [0.717, 1.165) is 11.4 Å². The molecule has 30 heavy (non-hydrogen) atoms. The molecule has 1 aromatic heterocycles. The van der Waals surface area contributed by atoms with E-state index in [1.807, 2.05) is 37.3 Å². The van der Waals surface area contributed by atoms with Crippen molar-refractivity contribution in [1.29, 1.82) is 0 Å². The first-order valence-corrected chi connectivity index (χ1v) is 9.86. The fraction of sp³-hybridized carbons (Fsp3) is 0.500. The Bertz CT molecular complexity index is 832. The summed E-state index contributed by atoms with van der Waals surface area (Å²) in [7, 11) is 0. The molecule has 1 N–H and O–H groups in total. The van der Waals surface area contributed by atoms with E-state index >= 15 is 0 Å². The third kappa shape index (κ3) is 6.46. The van der Waals surface area contributed by atoms with Crippen LogP contribution in [0.5, 0.6) is 0 Å². The van der Waals surface area contributed by atoms with Gasteiger partial charge in [0.15, 0.2) is 0 Å². The monoisotopic (exact) mass is 425 g/mol. The van der Waals surface area contributed by atoms with E-state index in [0.29, 0.717) is 44.8 Å². The van der Waals surface area contributed by atoms with E-state index in [4.69, 9.17) is 0 Å². The summed E-state index contributed by atoms with van der Waals surface area (Å²) in [6.45, 7) is 3.96. The molecule has 0 aliphatic carbocycles. The van der Waals surface area contributed by atoms with Crippen molar-refractivity contribution in [3.63, 3.8) is 0 Å². The van der Waals surface area contributed by atoms with Crippen molar-refractivity contribution in [1.82, 2.24) is 19.6 Å². The van der Waals surface area contributed by atoms with Crippen molar-refractivity contribution in [2.45, 2.75) is 19.5 Å². The van der Waals surface area contributed by atoms with Crippen molar-refractivity contribution in [2.75, 3.05) is 51.3 Å². The summed E-state index contributed by atoms with van der Waals surface area (Å²) < 4.78 is 42.5. The van der Waals surface area contributed by atoms with Gasteiger partial charge < -0.3 is 15.0 Å². The summed E-state index contributed by atoms with van der Waals surface area (Å²) in [5, 5.41) is 7.20. The lowest BCUT2D eigenvalue weighted by atomic mass is 10.2. The first-order valence-electron chi connectivity index (χ1n) is 9.86. The van der Waals surface area contributed by atoms with Gasteiger partial charge in [-0.3, -0.25) is 4.90 Å². The summed E-state index contributed by atoms with van der Waals surface area (Å²) in [6, 6.07) is 9.23. The normalized spacial score (nSPS) is 15.4. The van der Waals surface area contributed by atoms with Gasteiger partial charge in [0.05, 0.1) is 5.69 Å². The molecule has 1 fully saturated rings. The van der Waals surface area contributed by atoms with Gasteiger partial charge in [0.25, 0.3) is 0 Å². The van der Waals surface area contributed by atoms with Gasteiger partial charge in [-0.15, -0.1) is 0 Å². The number of halogens is 3. The Kier molecular flexibility index (Phi) is 7.33. The van der Waals surface area contributed by atoms with Gasteiger partial charge in [0.1, 0.15) is 6.61 Å². The maximum absolute atomic E-state index is 12.6. The topological polar surface area (TPSA) is 62.6 Å². The molecular formula is C20H26F3N5O2. The molecule has 1 aromatic carbocycles. The predicted molar refractivity (Wildman–Crippen MR) is 107 cm³/mol. The van der Waals surface area contributed by atoms with E-state index in [9.17, 15) is 18.0 Å². The number of urea groups is 1. The molecule has 3 rings (SSSR count). The van der Waals surface area contributed by atoms with Crippen molar-refractivity contribution >= 4 is 11.7 Å². The molecule has 164 valence electrons. The number of ether oxygens (including phenoxy) is 1. The summed E-state index contributed by atoms with van der Waals surface area (Å²) in [6.07, 6.45) is -2.03. The van der Waals surface area contributed by atoms with Crippen molar-refractivity contribution in [3.05, 3.63) is 42.2 Å². The van der Waals surface area contributed by atoms with Crippen LogP contribution in [0.1, 0.15) is 12.1 Å². The van der Waals surface area contributed by atoms with E-state index in [1.54, 1.807) is 15.8 Å². The zero-order chi connectivity index (χ0) is 21.6. The second-order valence-corrected chi connectivity index (χ2v) is 7.21. The van der Waals surface area contributed by atoms with E-state index in [1.165, 1.54) is 0 Å². The number of hydrogen-bond donors (Lipinski definition) is 1. The minimum atomic E-state index is -4.28. The van der Waals surface area contributed by atoms with Crippen LogP contribution in [0, 0.1) is 6.92 Å². The number of hydrogen-bond acceptors (Lipinski definition) is 4. The third-order valence-corrected chi connectivity index (χ3v) is 4.86. The lowest BCUT2D eigenvalue weighted by Gasteiger charge is -2.34. The average molecular weight is 425 g/mol. The lowest BCUT2D eigenvalue weighted by Crippen LogP contribution is -2.50. The molecule has 0 saturated carbocycles. The number of amides is 2. The summed E-state index contributed by atoms with van der Waals surface area (Å²) in [4.78, 5) is 16.4. The molecule has 7 nitrogen and oxygen atoms in total. The van der Waals surface area contributed by atoms with Crippen molar-refractivity contribution in [2.24, 2.45) is 0 Å². The quantitative estimate of drug-likeness (QED) is 0.692. The number of aryl methyl sites for hydroxylation is 1. The van der Waals surface area contributed by atoms with Crippen LogP contribution in [0.4, 0.5) is 23.7 Å². The van der Waals surface area contributed by atoms with Gasteiger partial charge in [-0.05, 0) is 37.6 Å². The maximum Gasteiger partial charge on any atom is 0.411 e. The molecule has 0 radical (unpaired) electrons. The number of benzene rings is 1. The van der Waals surface area contributed by atoms with E-state index in [-0.39, 0.29) is 12.6 Å². The standard InChI is InChI=1S/C20H26F3N5O2/c1-16-6-7-24-28(16)18-5-2-4-17(14-18)25-19(29)27-11-9-26(10-12-27)8-3-13-30-15-20(21,22)23/h2,4-7,14H,3,8-13,15H2,1H3,(H,25,29). The number of piperazine rings is 1. The Hall–Kier alpha value is -2.59. The second-order valence-electron chi connectivity index (χ2n) is 7.21. The average Bonchev–Trinajstić information content (AvgIpc) is 3.13. The molecule has 1 aliphatic rings. The fourth-order valence-corrected chi connectivity index (χ4v) is 3.31. The second kappa shape index (κ2) is 9.94. The Morgan fingerprint density at radius 2 is 1.97 bits per heavy atom. The first kappa shape index (κ1) is 22.1. The van der Waals surface area contributed by atoms with Crippen LogP contribution in [0.2, 0.25) is 0 Å². The molecule has 1 saturated heterocycles. The van der Waals surface area contributed by atoms with Gasteiger partial charge in [0, 0.05) is 56.9 Å². The number of carbonyl (C=O) groups is 1. The third-order valence-electron chi connectivity index (χ3n) is 4.86. The number of rotatable bonds is 7. The Balaban J connectivity index is 1.41. The van der Waals surface area contributed by atoms with Crippen LogP contribution in [0.3, 0.4) is 0 Å².